The first-order valence-corrected chi connectivity index (χ1v) is 19.6. The molecule has 0 aliphatic heterocycles. The van der Waals surface area contributed by atoms with Crippen LogP contribution in [0.5, 0.6) is 0 Å². The van der Waals surface area contributed by atoms with Gasteiger partial charge < -0.3 is 4.42 Å². The van der Waals surface area contributed by atoms with Gasteiger partial charge in [-0.1, -0.05) is 152 Å². The molecule has 0 aliphatic carbocycles. The Morgan fingerprint density at radius 3 is 1.77 bits per heavy atom. The maximum atomic E-state index is 6.85. The molecule has 0 saturated carbocycles. The van der Waals surface area contributed by atoms with Crippen LogP contribution < -0.4 is 0 Å². The topological polar surface area (TPSA) is 13.1 Å². The molecule has 0 unspecified atom stereocenters. The van der Waals surface area contributed by atoms with Crippen LogP contribution in [0.25, 0.3) is 117 Å². The number of para-hydroxylation sites is 1. The van der Waals surface area contributed by atoms with Gasteiger partial charge in [0.05, 0.1) is 0 Å². The van der Waals surface area contributed by atoms with Gasteiger partial charge in [-0.25, -0.2) is 0 Å². The predicted octanol–water partition coefficient (Wildman–Crippen LogP) is 15.6. The molecule has 9 aromatic carbocycles. The van der Waals surface area contributed by atoms with Gasteiger partial charge in [0.25, 0.3) is 0 Å². The van der Waals surface area contributed by atoms with E-state index in [0.717, 1.165) is 22.1 Å². The van der Waals surface area contributed by atoms with Crippen molar-refractivity contribution in [2.75, 3.05) is 0 Å². The molecular formula is C50H28OS2. The molecule has 0 atom stereocenters. The van der Waals surface area contributed by atoms with Gasteiger partial charge >= 0.3 is 0 Å². The van der Waals surface area contributed by atoms with Crippen LogP contribution in [0.4, 0.5) is 0 Å². The van der Waals surface area contributed by atoms with E-state index in [9.17, 15) is 0 Å². The maximum Gasteiger partial charge on any atom is 0.143 e. The number of hydrogen-bond acceptors (Lipinski definition) is 3. The molecule has 0 saturated heterocycles. The molecule has 0 fully saturated rings. The number of thiophene rings is 2. The summed E-state index contributed by atoms with van der Waals surface area (Å²) < 4.78 is 10.9. The first kappa shape index (κ1) is 29.3. The van der Waals surface area contributed by atoms with E-state index < -0.39 is 0 Å². The van der Waals surface area contributed by atoms with E-state index in [4.69, 9.17) is 4.42 Å². The summed E-state index contributed by atoms with van der Waals surface area (Å²) in [6.07, 6.45) is 0. The molecule has 12 rings (SSSR count). The van der Waals surface area contributed by atoms with Crippen LogP contribution in [0.15, 0.2) is 174 Å². The highest BCUT2D eigenvalue weighted by atomic mass is 32.1. The zero-order valence-electron chi connectivity index (χ0n) is 28.4. The monoisotopic (exact) mass is 708 g/mol. The van der Waals surface area contributed by atoms with Gasteiger partial charge in [-0.05, 0) is 56.1 Å². The Kier molecular flexibility index (Phi) is 6.15. The van der Waals surface area contributed by atoms with Crippen LogP contribution in [0.3, 0.4) is 0 Å². The van der Waals surface area contributed by atoms with Gasteiger partial charge in [-0.2, -0.15) is 0 Å². The highest BCUT2D eigenvalue weighted by molar-refractivity contribution is 7.28. The van der Waals surface area contributed by atoms with E-state index in [0.29, 0.717) is 0 Å². The quantitative estimate of drug-likeness (QED) is 0.167. The van der Waals surface area contributed by atoms with E-state index in [1.54, 1.807) is 0 Å². The summed E-state index contributed by atoms with van der Waals surface area (Å²) >= 11 is 3.84. The molecule has 3 heterocycles. The summed E-state index contributed by atoms with van der Waals surface area (Å²) in [5.74, 6) is 0. The standard InChI is InChI=1S/C50H28OS2/c1-2-14-30(15-3-1)43-39-26-28-42-47(36-21-10-11-24-41(36)52-42)49(39)53-50(43)46-34-19-8-6-17-32(34)44(33-18-7-9-20-35(33)46)37-22-12-23-38-45-31-16-5-4-13-29(31)25-27-40(45)51-48(37)38/h1-28H. The third-order valence-corrected chi connectivity index (χ3v) is 13.5. The van der Waals surface area contributed by atoms with Crippen LogP contribution in [0.1, 0.15) is 0 Å². The van der Waals surface area contributed by atoms with E-state index in [1.165, 1.54) is 95.1 Å². The molecule has 53 heavy (non-hydrogen) atoms. The molecule has 0 N–H and O–H groups in total. The molecule has 1 nitrogen and oxygen atoms in total. The van der Waals surface area contributed by atoms with Gasteiger partial charge in [0, 0.05) is 68.2 Å². The number of fused-ring (bicyclic) bond motifs is 12. The molecule has 0 bridgehead atoms. The van der Waals surface area contributed by atoms with Crippen molar-refractivity contribution in [2.45, 2.75) is 0 Å². The van der Waals surface area contributed by atoms with Gasteiger partial charge in [0.1, 0.15) is 11.2 Å². The van der Waals surface area contributed by atoms with Gasteiger partial charge in [-0.15, -0.1) is 22.7 Å². The second kappa shape index (κ2) is 11.1. The minimum atomic E-state index is 0.918. The fourth-order valence-electron chi connectivity index (χ4n) is 8.86. The average Bonchev–Trinajstić information content (AvgIpc) is 3.92. The van der Waals surface area contributed by atoms with Crippen molar-refractivity contribution >= 4 is 107 Å². The highest BCUT2D eigenvalue weighted by Gasteiger charge is 2.25. The fraction of sp³-hybridized carbons (Fsp3) is 0. The zero-order chi connectivity index (χ0) is 34.6. The van der Waals surface area contributed by atoms with Gasteiger partial charge in [0.15, 0.2) is 0 Å². The number of hydrogen-bond donors (Lipinski definition) is 0. The molecule has 12 aromatic rings. The molecule has 0 amide bonds. The molecule has 0 radical (unpaired) electrons. The minimum absolute atomic E-state index is 0.918. The zero-order valence-corrected chi connectivity index (χ0v) is 30.0. The SMILES string of the molecule is c1ccc(-c2c(-c3c4ccccc4c(-c4cccc5c4oc4ccc6ccccc6c45)c4ccccc34)sc3c2ccc2sc4ccccc4c23)cc1. The van der Waals surface area contributed by atoms with Gasteiger partial charge in [0.2, 0.25) is 0 Å². The lowest BCUT2D eigenvalue weighted by Crippen LogP contribution is -1.91. The van der Waals surface area contributed by atoms with E-state index >= 15 is 0 Å². The summed E-state index contributed by atoms with van der Waals surface area (Å²) in [4.78, 5) is 1.31. The van der Waals surface area contributed by atoms with Crippen molar-refractivity contribution < 1.29 is 4.42 Å². The largest absolute Gasteiger partial charge is 0.455 e. The number of furan rings is 1. The fourth-order valence-corrected chi connectivity index (χ4v) is 11.5. The summed E-state index contributed by atoms with van der Waals surface area (Å²) in [5.41, 5.74) is 8.01. The summed E-state index contributed by atoms with van der Waals surface area (Å²) in [5, 5.41) is 13.7. The average molecular weight is 709 g/mol. The molecule has 0 spiro atoms. The minimum Gasteiger partial charge on any atom is -0.455 e. The number of benzene rings is 9. The van der Waals surface area contributed by atoms with Crippen LogP contribution in [0, 0.1) is 0 Å². The van der Waals surface area contributed by atoms with Crippen LogP contribution >= 0.6 is 22.7 Å². The molecule has 0 aliphatic rings. The predicted molar refractivity (Wildman–Crippen MR) is 231 cm³/mol. The molecule has 246 valence electrons. The van der Waals surface area contributed by atoms with Gasteiger partial charge in [-0.3, -0.25) is 0 Å². The Labute approximate surface area is 312 Å². The van der Waals surface area contributed by atoms with E-state index in [-0.39, 0.29) is 0 Å². The van der Waals surface area contributed by atoms with Crippen LogP contribution in [0.2, 0.25) is 0 Å². The van der Waals surface area contributed by atoms with E-state index in [2.05, 4.69) is 170 Å². The Balaban J connectivity index is 1.23. The third kappa shape index (κ3) is 4.12. The lowest BCUT2D eigenvalue weighted by atomic mass is 9.86. The lowest BCUT2D eigenvalue weighted by molar-refractivity contribution is 0.670. The third-order valence-electron chi connectivity index (χ3n) is 11.1. The molecular weight excluding hydrogens is 681 g/mol. The number of rotatable bonds is 3. The Hall–Kier alpha value is -6.26. The van der Waals surface area contributed by atoms with Crippen molar-refractivity contribution in [3.05, 3.63) is 170 Å². The Morgan fingerprint density at radius 1 is 0.358 bits per heavy atom. The summed E-state index contributed by atoms with van der Waals surface area (Å²) in [6.45, 7) is 0. The van der Waals surface area contributed by atoms with Crippen molar-refractivity contribution in [3.63, 3.8) is 0 Å². The maximum absolute atomic E-state index is 6.85. The molecule has 3 heteroatoms. The first-order valence-electron chi connectivity index (χ1n) is 18.0. The lowest BCUT2D eigenvalue weighted by Gasteiger charge is -2.18. The molecule has 3 aromatic heterocycles. The highest BCUT2D eigenvalue weighted by Crippen LogP contribution is 2.54. The Bertz CT molecular complexity index is 3390. The summed E-state index contributed by atoms with van der Waals surface area (Å²) in [6, 6.07) is 62.1. The van der Waals surface area contributed by atoms with Crippen molar-refractivity contribution in [2.24, 2.45) is 0 Å². The summed E-state index contributed by atoms with van der Waals surface area (Å²) in [7, 11) is 0. The first-order chi connectivity index (χ1) is 26.3. The second-order valence-corrected chi connectivity index (χ2v) is 16.0. The van der Waals surface area contributed by atoms with Crippen molar-refractivity contribution in [1.29, 1.82) is 0 Å². The van der Waals surface area contributed by atoms with Crippen LogP contribution in [-0.4, -0.2) is 0 Å². The van der Waals surface area contributed by atoms with Crippen LogP contribution in [-0.2, 0) is 0 Å². The van der Waals surface area contributed by atoms with E-state index in [1.807, 2.05) is 22.7 Å². The smallest absolute Gasteiger partial charge is 0.143 e. The second-order valence-electron chi connectivity index (χ2n) is 13.9. The van der Waals surface area contributed by atoms with Crippen molar-refractivity contribution in [1.82, 2.24) is 0 Å². The van der Waals surface area contributed by atoms with Crippen molar-refractivity contribution in [3.8, 4) is 32.7 Å². The Morgan fingerprint density at radius 2 is 1.00 bits per heavy atom. The normalized spacial score (nSPS) is 12.2.